The lowest BCUT2D eigenvalue weighted by Crippen LogP contribution is -2.16. The van der Waals surface area contributed by atoms with Crippen molar-refractivity contribution in [3.63, 3.8) is 0 Å². The van der Waals surface area contributed by atoms with Gasteiger partial charge in [0.25, 0.3) is 5.91 Å². The van der Waals surface area contributed by atoms with Crippen LogP contribution in [0.1, 0.15) is 31.8 Å². The fourth-order valence-corrected chi connectivity index (χ4v) is 3.56. The van der Waals surface area contributed by atoms with E-state index in [1.807, 2.05) is 19.1 Å². The second-order valence-electron chi connectivity index (χ2n) is 8.18. The normalized spacial score (nSPS) is 11.2. The molecule has 0 aliphatic rings. The van der Waals surface area contributed by atoms with Gasteiger partial charge in [-0.25, -0.2) is 9.37 Å². The number of benzene rings is 3. The Morgan fingerprint density at radius 3 is 2.22 bits per heavy atom. The number of nitrogens with two attached hydrogens (primary N) is 1. The van der Waals surface area contributed by atoms with Crippen LogP contribution in [0.15, 0.2) is 79.0 Å². The third kappa shape index (κ3) is 5.92. The molecule has 0 radical (unpaired) electrons. The zero-order chi connectivity index (χ0) is 26.7. The fraction of sp³-hybridized carbons (Fsp3) is 0.0741. The van der Waals surface area contributed by atoms with Crippen LogP contribution in [0.25, 0.3) is 11.1 Å². The molecule has 4 aromatic rings. The maximum atomic E-state index is 13.9. The predicted octanol–water partition coefficient (Wildman–Crippen LogP) is 6.31. The summed E-state index contributed by atoms with van der Waals surface area (Å²) in [7, 11) is 0. The van der Waals surface area contributed by atoms with Crippen LogP contribution in [-0.4, -0.2) is 16.8 Å². The molecule has 4 rings (SSSR count). The van der Waals surface area contributed by atoms with Crippen LogP contribution in [0.4, 0.5) is 34.8 Å². The molecular weight excluding hydrogens is 488 g/mol. The van der Waals surface area contributed by atoms with Crippen molar-refractivity contribution in [3.8, 4) is 11.1 Å². The lowest BCUT2D eigenvalue weighted by atomic mass is 10.0. The predicted molar refractivity (Wildman–Crippen MR) is 132 cm³/mol. The summed E-state index contributed by atoms with van der Waals surface area (Å²) in [5.74, 6) is -2.53. The first-order valence-electron chi connectivity index (χ1n) is 10.9. The Morgan fingerprint density at radius 1 is 0.865 bits per heavy atom. The van der Waals surface area contributed by atoms with E-state index in [0.717, 1.165) is 11.6 Å². The Hall–Kier alpha value is -4.73. The van der Waals surface area contributed by atoms with E-state index in [-0.39, 0.29) is 11.5 Å². The summed E-state index contributed by atoms with van der Waals surface area (Å²) in [5.41, 5.74) is 6.69. The highest BCUT2D eigenvalue weighted by molar-refractivity contribution is 6.06. The Kier molecular flexibility index (Phi) is 6.92. The van der Waals surface area contributed by atoms with Crippen molar-refractivity contribution in [1.82, 2.24) is 4.98 Å². The van der Waals surface area contributed by atoms with Crippen LogP contribution >= 0.6 is 0 Å². The number of anilines is 3. The number of aromatic nitrogens is 1. The van der Waals surface area contributed by atoms with Crippen LogP contribution in [-0.2, 0) is 6.18 Å². The van der Waals surface area contributed by atoms with Crippen LogP contribution in [0.2, 0.25) is 0 Å². The quantitative estimate of drug-likeness (QED) is 0.266. The van der Waals surface area contributed by atoms with Crippen molar-refractivity contribution in [2.75, 3.05) is 10.6 Å². The SMILES string of the molecule is Cc1ccccc1Nc1ncc(-c2ccc(C(N)=O)cc2)cc1NC(=O)c1cc(F)cc(C(F)(F)F)c1. The first-order chi connectivity index (χ1) is 17.5. The van der Waals surface area contributed by atoms with Gasteiger partial charge in [-0.15, -0.1) is 0 Å². The van der Waals surface area contributed by atoms with Crippen LogP contribution < -0.4 is 16.4 Å². The number of alkyl halides is 3. The summed E-state index contributed by atoms with van der Waals surface area (Å²) in [6.07, 6.45) is -3.30. The Morgan fingerprint density at radius 2 is 1.57 bits per heavy atom. The summed E-state index contributed by atoms with van der Waals surface area (Å²) in [5, 5.41) is 5.65. The zero-order valence-corrected chi connectivity index (χ0v) is 19.4. The van der Waals surface area contributed by atoms with Crippen molar-refractivity contribution in [2.24, 2.45) is 5.73 Å². The molecule has 0 saturated heterocycles. The number of carbonyl (C=O) groups is 2. The molecule has 10 heteroatoms. The highest BCUT2D eigenvalue weighted by Gasteiger charge is 2.32. The van der Waals surface area contributed by atoms with Gasteiger partial charge in [0.1, 0.15) is 5.82 Å². The zero-order valence-electron chi connectivity index (χ0n) is 19.4. The molecule has 188 valence electrons. The summed E-state index contributed by atoms with van der Waals surface area (Å²) in [4.78, 5) is 28.7. The number of hydrogen-bond donors (Lipinski definition) is 3. The molecular formula is C27H20F4N4O2. The summed E-state index contributed by atoms with van der Waals surface area (Å²) >= 11 is 0. The van der Waals surface area contributed by atoms with Crippen LogP contribution in [0, 0.1) is 12.7 Å². The van der Waals surface area contributed by atoms with Crippen molar-refractivity contribution in [3.05, 3.63) is 107 Å². The molecule has 0 unspecified atom stereocenters. The van der Waals surface area contributed by atoms with Gasteiger partial charge in [-0.3, -0.25) is 9.59 Å². The molecule has 6 nitrogen and oxygen atoms in total. The van der Waals surface area contributed by atoms with Crippen molar-refractivity contribution in [1.29, 1.82) is 0 Å². The third-order valence-corrected chi connectivity index (χ3v) is 5.52. The molecule has 0 saturated carbocycles. The number of para-hydroxylation sites is 1. The Labute approximate surface area is 209 Å². The molecule has 2 amide bonds. The van der Waals surface area contributed by atoms with E-state index in [1.165, 1.54) is 18.3 Å². The largest absolute Gasteiger partial charge is 0.416 e. The van der Waals surface area contributed by atoms with Crippen LogP contribution in [0.5, 0.6) is 0 Å². The van der Waals surface area contributed by atoms with E-state index >= 15 is 0 Å². The van der Waals surface area contributed by atoms with Gasteiger partial charge >= 0.3 is 6.18 Å². The highest BCUT2D eigenvalue weighted by atomic mass is 19.4. The van der Waals surface area contributed by atoms with Gasteiger partial charge in [0.2, 0.25) is 5.91 Å². The molecule has 0 atom stereocenters. The highest BCUT2D eigenvalue weighted by Crippen LogP contribution is 2.33. The number of primary amides is 1. The van der Waals surface area contributed by atoms with Gasteiger partial charge in [-0.05, 0) is 60.5 Å². The lowest BCUT2D eigenvalue weighted by molar-refractivity contribution is -0.137. The first kappa shape index (κ1) is 25.4. The molecule has 0 bridgehead atoms. The second kappa shape index (κ2) is 10.1. The van der Waals surface area contributed by atoms with Crippen molar-refractivity contribution < 1.29 is 27.2 Å². The summed E-state index contributed by atoms with van der Waals surface area (Å²) in [6, 6.07) is 16.8. The number of halogens is 4. The fourth-order valence-electron chi connectivity index (χ4n) is 3.56. The maximum absolute atomic E-state index is 13.9. The smallest absolute Gasteiger partial charge is 0.366 e. The number of hydrogen-bond acceptors (Lipinski definition) is 4. The number of nitrogens with one attached hydrogen (secondary N) is 2. The monoisotopic (exact) mass is 508 g/mol. The van der Waals surface area contributed by atoms with E-state index in [4.69, 9.17) is 5.73 Å². The molecule has 0 aliphatic carbocycles. The number of rotatable bonds is 6. The Balaban J connectivity index is 1.74. The summed E-state index contributed by atoms with van der Waals surface area (Å²) < 4.78 is 53.4. The second-order valence-corrected chi connectivity index (χ2v) is 8.18. The van der Waals surface area contributed by atoms with Gasteiger partial charge < -0.3 is 16.4 Å². The standard InChI is InChI=1S/C27H20F4N4O2/c1-15-4-2-3-5-22(15)34-25-23(12-19(14-33-25)16-6-8-17(9-7-16)24(32)36)35-26(37)18-10-20(27(29,30)31)13-21(28)11-18/h2-14H,1H3,(H2,32,36)(H,33,34)(H,35,37). The molecule has 1 aromatic heterocycles. The first-order valence-corrected chi connectivity index (χ1v) is 10.9. The maximum Gasteiger partial charge on any atom is 0.416 e. The van der Waals surface area contributed by atoms with Crippen molar-refractivity contribution in [2.45, 2.75) is 13.1 Å². The number of amides is 2. The van der Waals surface area contributed by atoms with E-state index in [0.29, 0.717) is 34.5 Å². The minimum atomic E-state index is -4.83. The summed E-state index contributed by atoms with van der Waals surface area (Å²) in [6.45, 7) is 1.86. The van der Waals surface area contributed by atoms with Gasteiger partial charge in [-0.1, -0.05) is 30.3 Å². The molecule has 4 N–H and O–H groups in total. The molecule has 1 heterocycles. The minimum Gasteiger partial charge on any atom is -0.366 e. The average molecular weight is 508 g/mol. The molecule has 3 aromatic carbocycles. The van der Waals surface area contributed by atoms with Gasteiger partial charge in [0.15, 0.2) is 5.82 Å². The van der Waals surface area contributed by atoms with E-state index in [2.05, 4.69) is 15.6 Å². The molecule has 0 spiro atoms. The van der Waals surface area contributed by atoms with Gasteiger partial charge in [0.05, 0.1) is 11.3 Å². The van der Waals surface area contributed by atoms with E-state index in [1.54, 1.807) is 30.3 Å². The molecule has 0 fully saturated rings. The van der Waals surface area contributed by atoms with E-state index < -0.39 is 34.9 Å². The van der Waals surface area contributed by atoms with Gasteiger partial charge in [0, 0.05) is 28.6 Å². The minimum absolute atomic E-state index is 0.141. The third-order valence-electron chi connectivity index (χ3n) is 5.52. The van der Waals surface area contributed by atoms with Crippen molar-refractivity contribution >= 4 is 29.0 Å². The van der Waals surface area contributed by atoms with Crippen LogP contribution in [0.3, 0.4) is 0 Å². The molecule has 37 heavy (non-hydrogen) atoms. The topological polar surface area (TPSA) is 97.1 Å². The number of pyridine rings is 1. The average Bonchev–Trinajstić information content (AvgIpc) is 2.85. The lowest BCUT2D eigenvalue weighted by Gasteiger charge is -2.16. The molecule has 0 aliphatic heterocycles. The number of carbonyl (C=O) groups excluding carboxylic acids is 2. The Bertz CT molecular complexity index is 1480. The van der Waals surface area contributed by atoms with Gasteiger partial charge in [-0.2, -0.15) is 13.2 Å². The number of aryl methyl sites for hydroxylation is 1. The number of nitrogens with zero attached hydrogens (tertiary/aromatic N) is 1. The van der Waals surface area contributed by atoms with E-state index in [9.17, 15) is 27.2 Å².